The first kappa shape index (κ1) is 15.6. The van der Waals surface area contributed by atoms with Crippen molar-refractivity contribution in [3.05, 3.63) is 41.3 Å². The number of hydrogen-bond acceptors (Lipinski definition) is 5. The van der Waals surface area contributed by atoms with E-state index < -0.39 is 0 Å². The summed E-state index contributed by atoms with van der Waals surface area (Å²) >= 11 is 0. The molecule has 1 aliphatic heterocycles. The highest BCUT2D eigenvalue weighted by Gasteiger charge is 2.14. The summed E-state index contributed by atoms with van der Waals surface area (Å²) in [7, 11) is 0. The van der Waals surface area contributed by atoms with E-state index in [4.69, 9.17) is 14.2 Å². The largest absolute Gasteiger partial charge is 0.473 e. The lowest BCUT2D eigenvalue weighted by atomic mass is 10.1. The van der Waals surface area contributed by atoms with Gasteiger partial charge in [-0.1, -0.05) is 33.8 Å². The molecule has 2 aromatic rings. The standard InChI is InChI=1S/C18H22N2O3/c1-11(2)14-8-17(20-18(19-14)12(3)4)21-9-13-5-6-15-16(7-13)23-10-22-15/h5-8,11-12H,9-10H2,1-4H3. The van der Waals surface area contributed by atoms with E-state index in [1.165, 1.54) is 0 Å². The van der Waals surface area contributed by atoms with Crippen molar-refractivity contribution < 1.29 is 14.2 Å². The first-order valence-electron chi connectivity index (χ1n) is 7.93. The smallest absolute Gasteiger partial charge is 0.231 e. The Morgan fingerprint density at radius 1 is 1.00 bits per heavy atom. The van der Waals surface area contributed by atoms with Crippen LogP contribution in [-0.2, 0) is 6.61 Å². The Morgan fingerprint density at radius 2 is 1.78 bits per heavy atom. The lowest BCUT2D eigenvalue weighted by Crippen LogP contribution is -2.06. The molecule has 122 valence electrons. The molecule has 0 bridgehead atoms. The van der Waals surface area contributed by atoms with E-state index in [9.17, 15) is 0 Å². The van der Waals surface area contributed by atoms with Gasteiger partial charge >= 0.3 is 0 Å². The van der Waals surface area contributed by atoms with Crippen molar-refractivity contribution >= 4 is 0 Å². The fourth-order valence-electron chi connectivity index (χ4n) is 2.28. The average Bonchev–Trinajstić information content (AvgIpc) is 3.00. The average molecular weight is 314 g/mol. The van der Waals surface area contributed by atoms with Crippen molar-refractivity contribution in [2.75, 3.05) is 6.79 Å². The van der Waals surface area contributed by atoms with Gasteiger partial charge in [-0.15, -0.1) is 0 Å². The highest BCUT2D eigenvalue weighted by molar-refractivity contribution is 5.44. The first-order valence-corrected chi connectivity index (χ1v) is 7.93. The van der Waals surface area contributed by atoms with Crippen LogP contribution in [0.1, 0.15) is 56.6 Å². The van der Waals surface area contributed by atoms with Gasteiger partial charge in [-0.3, -0.25) is 0 Å². The third-order valence-corrected chi connectivity index (χ3v) is 3.67. The number of ether oxygens (including phenoxy) is 3. The Balaban J connectivity index is 1.77. The highest BCUT2D eigenvalue weighted by Crippen LogP contribution is 2.32. The van der Waals surface area contributed by atoms with Gasteiger partial charge < -0.3 is 14.2 Å². The molecule has 5 nitrogen and oxygen atoms in total. The zero-order valence-corrected chi connectivity index (χ0v) is 14.0. The van der Waals surface area contributed by atoms with Crippen LogP contribution in [0, 0.1) is 0 Å². The summed E-state index contributed by atoms with van der Waals surface area (Å²) < 4.78 is 16.6. The van der Waals surface area contributed by atoms with Crippen molar-refractivity contribution in [3.8, 4) is 17.4 Å². The van der Waals surface area contributed by atoms with Crippen LogP contribution in [-0.4, -0.2) is 16.8 Å². The van der Waals surface area contributed by atoms with Crippen LogP contribution >= 0.6 is 0 Å². The van der Waals surface area contributed by atoms with E-state index in [-0.39, 0.29) is 12.7 Å². The fraction of sp³-hybridized carbons (Fsp3) is 0.444. The molecule has 0 spiro atoms. The SMILES string of the molecule is CC(C)c1cc(OCc2ccc3c(c2)OCO3)nc(C(C)C)n1. The Bertz CT molecular complexity index is 672. The molecular formula is C18H22N2O3. The molecule has 1 aliphatic rings. The second kappa shape index (κ2) is 6.44. The molecule has 3 rings (SSSR count). The van der Waals surface area contributed by atoms with E-state index in [2.05, 4.69) is 37.7 Å². The van der Waals surface area contributed by atoms with Crippen LogP contribution in [0.5, 0.6) is 17.4 Å². The third-order valence-electron chi connectivity index (χ3n) is 3.67. The number of hydrogen-bond donors (Lipinski definition) is 0. The summed E-state index contributed by atoms with van der Waals surface area (Å²) in [6, 6.07) is 7.74. The van der Waals surface area contributed by atoms with E-state index in [0.717, 1.165) is 28.6 Å². The minimum atomic E-state index is 0.265. The van der Waals surface area contributed by atoms with Gasteiger partial charge in [0.15, 0.2) is 11.5 Å². The molecule has 0 atom stereocenters. The zero-order chi connectivity index (χ0) is 16.4. The molecule has 0 saturated carbocycles. The number of fused-ring (bicyclic) bond motifs is 1. The molecule has 1 aromatic heterocycles. The van der Waals surface area contributed by atoms with Crippen LogP contribution in [0.3, 0.4) is 0 Å². The molecule has 0 fully saturated rings. The monoisotopic (exact) mass is 314 g/mol. The molecule has 23 heavy (non-hydrogen) atoms. The second-order valence-corrected chi connectivity index (χ2v) is 6.27. The first-order chi connectivity index (χ1) is 11.0. The molecule has 0 N–H and O–H groups in total. The van der Waals surface area contributed by atoms with Crippen molar-refractivity contribution in [1.82, 2.24) is 9.97 Å². The lowest BCUT2D eigenvalue weighted by molar-refractivity contribution is 0.174. The Labute approximate surface area is 136 Å². The molecule has 1 aromatic carbocycles. The normalized spacial score (nSPS) is 13.0. The van der Waals surface area contributed by atoms with Crippen LogP contribution in [0.15, 0.2) is 24.3 Å². The molecule has 5 heteroatoms. The summed E-state index contributed by atoms with van der Waals surface area (Å²) in [6.07, 6.45) is 0. The minimum Gasteiger partial charge on any atom is -0.473 e. The lowest BCUT2D eigenvalue weighted by Gasteiger charge is -2.13. The van der Waals surface area contributed by atoms with Gasteiger partial charge in [-0.2, -0.15) is 4.98 Å². The minimum absolute atomic E-state index is 0.265. The van der Waals surface area contributed by atoms with E-state index in [1.807, 2.05) is 24.3 Å². The van der Waals surface area contributed by atoms with Gasteiger partial charge in [0, 0.05) is 12.0 Å². The maximum atomic E-state index is 5.89. The van der Waals surface area contributed by atoms with Crippen molar-refractivity contribution in [1.29, 1.82) is 0 Å². The Hall–Kier alpha value is -2.30. The molecule has 0 radical (unpaired) electrons. The van der Waals surface area contributed by atoms with Crippen molar-refractivity contribution in [2.24, 2.45) is 0 Å². The van der Waals surface area contributed by atoms with E-state index in [0.29, 0.717) is 18.4 Å². The zero-order valence-electron chi connectivity index (χ0n) is 14.0. The summed E-state index contributed by atoms with van der Waals surface area (Å²) in [6.45, 7) is 9.12. The summed E-state index contributed by atoms with van der Waals surface area (Å²) in [5.74, 6) is 3.58. The summed E-state index contributed by atoms with van der Waals surface area (Å²) in [4.78, 5) is 9.12. The van der Waals surface area contributed by atoms with Gasteiger partial charge in [0.05, 0.1) is 5.69 Å². The molecule has 2 heterocycles. The Kier molecular flexibility index (Phi) is 4.37. The van der Waals surface area contributed by atoms with Gasteiger partial charge in [-0.05, 0) is 23.6 Å². The van der Waals surface area contributed by atoms with Crippen molar-refractivity contribution in [2.45, 2.75) is 46.1 Å². The van der Waals surface area contributed by atoms with Crippen LogP contribution in [0.2, 0.25) is 0 Å². The van der Waals surface area contributed by atoms with E-state index >= 15 is 0 Å². The Morgan fingerprint density at radius 3 is 2.52 bits per heavy atom. The fourth-order valence-corrected chi connectivity index (χ4v) is 2.28. The number of benzene rings is 1. The predicted octanol–water partition coefficient (Wildman–Crippen LogP) is 4.03. The third kappa shape index (κ3) is 3.55. The maximum absolute atomic E-state index is 5.89. The topological polar surface area (TPSA) is 53.5 Å². The molecular weight excluding hydrogens is 292 g/mol. The molecule has 0 aliphatic carbocycles. The van der Waals surface area contributed by atoms with E-state index in [1.54, 1.807) is 0 Å². The molecule has 0 unspecified atom stereocenters. The van der Waals surface area contributed by atoms with Crippen LogP contribution < -0.4 is 14.2 Å². The highest BCUT2D eigenvalue weighted by atomic mass is 16.7. The molecule has 0 saturated heterocycles. The van der Waals surface area contributed by atoms with Crippen molar-refractivity contribution in [3.63, 3.8) is 0 Å². The quantitative estimate of drug-likeness (QED) is 0.834. The summed E-state index contributed by atoms with van der Waals surface area (Å²) in [5, 5.41) is 0. The molecule has 0 amide bonds. The summed E-state index contributed by atoms with van der Waals surface area (Å²) in [5.41, 5.74) is 2.02. The maximum Gasteiger partial charge on any atom is 0.231 e. The second-order valence-electron chi connectivity index (χ2n) is 6.27. The van der Waals surface area contributed by atoms with Crippen LogP contribution in [0.25, 0.3) is 0 Å². The predicted molar refractivity (Wildman–Crippen MR) is 87.1 cm³/mol. The van der Waals surface area contributed by atoms with Gasteiger partial charge in [-0.25, -0.2) is 4.98 Å². The van der Waals surface area contributed by atoms with Gasteiger partial charge in [0.1, 0.15) is 12.4 Å². The number of aromatic nitrogens is 2. The van der Waals surface area contributed by atoms with Gasteiger partial charge in [0.25, 0.3) is 0 Å². The van der Waals surface area contributed by atoms with Gasteiger partial charge in [0.2, 0.25) is 12.7 Å². The van der Waals surface area contributed by atoms with Crippen LogP contribution in [0.4, 0.5) is 0 Å². The number of nitrogens with zero attached hydrogens (tertiary/aromatic N) is 2. The number of rotatable bonds is 5.